The van der Waals surface area contributed by atoms with Crippen LogP contribution < -0.4 is 0 Å². The third kappa shape index (κ3) is 44.0. The molecule has 6 unspecified atom stereocenters. The molecular weight excluding hydrogens is 997 g/mol. The average Bonchev–Trinajstić information content (AvgIpc) is 3.44. The number of ether oxygens (including phenoxy) is 5. The number of rotatable bonds is 52. The molecule has 0 aromatic heterocycles. The zero-order valence-corrected chi connectivity index (χ0v) is 49.6. The molecule has 1 fully saturated rings. The summed E-state index contributed by atoms with van der Waals surface area (Å²) in [5.41, 5.74) is 0. The fourth-order valence-corrected chi connectivity index (χ4v) is 8.90. The summed E-state index contributed by atoms with van der Waals surface area (Å²) >= 11 is 0. The Bertz CT molecular complexity index is 1740. The zero-order valence-electron chi connectivity index (χ0n) is 49.6. The topological polar surface area (TPSA) is 175 Å². The molecule has 0 aromatic carbocycles. The lowest BCUT2D eigenvalue weighted by molar-refractivity contribution is -0.301. The van der Waals surface area contributed by atoms with E-state index in [-0.39, 0.29) is 25.9 Å². The highest BCUT2D eigenvalue weighted by atomic mass is 16.7. The summed E-state index contributed by atoms with van der Waals surface area (Å²) in [4.78, 5) is 51.2. The van der Waals surface area contributed by atoms with Crippen molar-refractivity contribution in [3.8, 4) is 0 Å². The second-order valence-corrected chi connectivity index (χ2v) is 21.0. The van der Waals surface area contributed by atoms with Gasteiger partial charge >= 0.3 is 23.9 Å². The minimum Gasteiger partial charge on any atom is -0.479 e. The molecule has 1 rings (SSSR count). The molecule has 12 heteroatoms. The molecule has 1 heterocycles. The van der Waals surface area contributed by atoms with Crippen molar-refractivity contribution in [1.29, 1.82) is 0 Å². The van der Waals surface area contributed by atoms with Gasteiger partial charge < -0.3 is 39.0 Å². The van der Waals surface area contributed by atoms with Crippen LogP contribution in [0.15, 0.2) is 97.2 Å². The van der Waals surface area contributed by atoms with E-state index < -0.39 is 67.3 Å². The number of carbonyl (C=O) groups excluding carboxylic acids is 3. The lowest BCUT2D eigenvalue weighted by Crippen LogP contribution is -2.61. The number of allylic oxidation sites excluding steroid dienone is 16. The summed E-state index contributed by atoms with van der Waals surface area (Å²) in [6, 6.07) is 0. The third-order valence-electron chi connectivity index (χ3n) is 13.6. The van der Waals surface area contributed by atoms with Crippen molar-refractivity contribution < 1.29 is 58.2 Å². The van der Waals surface area contributed by atoms with Crippen LogP contribution in [0.5, 0.6) is 0 Å². The first kappa shape index (κ1) is 72.7. The van der Waals surface area contributed by atoms with Crippen molar-refractivity contribution in [1.82, 2.24) is 0 Å². The lowest BCUT2D eigenvalue weighted by atomic mass is 9.98. The molecule has 3 N–H and O–H groups in total. The number of aliphatic hydroxyl groups excluding tert-OH is 2. The Morgan fingerprint density at radius 2 is 0.848 bits per heavy atom. The SMILES string of the molecule is CC/C=C\C/C=C\C/C=C\C/C=C\C/C=C\C/C=C\CCC(=O)OCC(COC1OC(C(=O)O)C(O)C(O)C1OC(=O)CCCCCCC/C=C\C/C=C\CCC)OC(=O)CCCCCCCCCCCCCCCCCCC. The summed E-state index contributed by atoms with van der Waals surface area (Å²) in [5.74, 6) is -3.25. The molecule has 1 aliphatic rings. The first-order chi connectivity index (χ1) is 38.6. The molecule has 79 heavy (non-hydrogen) atoms. The molecular formula is C67H110O12. The summed E-state index contributed by atoms with van der Waals surface area (Å²) in [6.07, 6.45) is 59.6. The Kier molecular flexibility index (Phi) is 49.9. The molecule has 1 aliphatic heterocycles. The predicted molar refractivity (Wildman–Crippen MR) is 321 cm³/mol. The van der Waals surface area contributed by atoms with Gasteiger partial charge in [0.2, 0.25) is 0 Å². The van der Waals surface area contributed by atoms with Gasteiger partial charge in [0.15, 0.2) is 24.6 Å². The van der Waals surface area contributed by atoms with Gasteiger partial charge in [-0.3, -0.25) is 14.4 Å². The van der Waals surface area contributed by atoms with Gasteiger partial charge in [-0.2, -0.15) is 0 Å². The fourth-order valence-electron chi connectivity index (χ4n) is 8.90. The normalized spacial score (nSPS) is 18.5. The maximum atomic E-state index is 13.2. The van der Waals surface area contributed by atoms with Crippen LogP contribution in [0.1, 0.15) is 252 Å². The van der Waals surface area contributed by atoms with Crippen LogP contribution in [0.3, 0.4) is 0 Å². The van der Waals surface area contributed by atoms with Gasteiger partial charge in [-0.15, -0.1) is 0 Å². The minimum atomic E-state index is -1.92. The van der Waals surface area contributed by atoms with Crippen molar-refractivity contribution in [3.63, 3.8) is 0 Å². The van der Waals surface area contributed by atoms with Crippen molar-refractivity contribution in [2.24, 2.45) is 0 Å². The number of unbranched alkanes of at least 4 members (excludes halogenated alkanes) is 22. The first-order valence-electron chi connectivity index (χ1n) is 31.2. The first-order valence-corrected chi connectivity index (χ1v) is 31.2. The largest absolute Gasteiger partial charge is 0.479 e. The lowest BCUT2D eigenvalue weighted by Gasteiger charge is -2.40. The quantitative estimate of drug-likeness (QED) is 0.0228. The highest BCUT2D eigenvalue weighted by Gasteiger charge is 2.50. The van der Waals surface area contributed by atoms with Gasteiger partial charge in [-0.05, 0) is 83.5 Å². The van der Waals surface area contributed by atoms with Gasteiger partial charge in [-0.25, -0.2) is 4.79 Å². The van der Waals surface area contributed by atoms with E-state index in [4.69, 9.17) is 23.7 Å². The van der Waals surface area contributed by atoms with E-state index in [0.29, 0.717) is 19.3 Å². The van der Waals surface area contributed by atoms with Gasteiger partial charge in [0.1, 0.15) is 18.8 Å². The van der Waals surface area contributed by atoms with Crippen LogP contribution in [0.4, 0.5) is 0 Å². The number of hydrogen-bond donors (Lipinski definition) is 3. The van der Waals surface area contributed by atoms with Crippen LogP contribution in [0.25, 0.3) is 0 Å². The molecule has 0 amide bonds. The molecule has 0 aliphatic carbocycles. The van der Waals surface area contributed by atoms with Gasteiger partial charge in [-0.1, -0.05) is 246 Å². The van der Waals surface area contributed by atoms with Crippen molar-refractivity contribution in [3.05, 3.63) is 97.2 Å². The van der Waals surface area contributed by atoms with E-state index in [0.717, 1.165) is 109 Å². The van der Waals surface area contributed by atoms with Crippen LogP contribution in [0, 0.1) is 0 Å². The predicted octanol–water partition coefficient (Wildman–Crippen LogP) is 16.5. The molecule has 0 bridgehead atoms. The number of aliphatic hydroxyl groups is 2. The van der Waals surface area contributed by atoms with Crippen LogP contribution in [-0.2, 0) is 42.9 Å². The standard InChI is InChI=1S/C67H110O12/c1-4-7-10-13-16-19-22-25-27-29-30-32-33-36-38-41-44-47-50-53-59(68)75-56-58(77-60(69)54-51-48-45-42-40-37-34-31-28-26-23-20-17-14-11-8-5-2)57-76-67-65(63(72)62(71)64(79-67)66(73)74)78-61(70)55-52-49-46-43-39-35-24-21-18-15-12-9-6-3/h7,10,12,15-16,19,21,24-25,27,30,32,36,38,44,47,58,62-65,67,71-72H,4-6,8-9,11,13-14,17-18,20,22-23,26,28-29,31,33-35,37,39-43,45-46,48-57H2,1-3H3,(H,73,74)/b10-7-,15-12-,19-16-,24-21-,27-25-,32-30-,38-36-,47-44-. The Balaban J connectivity index is 2.72. The Hall–Kier alpha value is -4.36. The van der Waals surface area contributed by atoms with Crippen LogP contribution >= 0.6 is 0 Å². The van der Waals surface area contributed by atoms with E-state index in [1.165, 1.54) is 83.5 Å². The number of carbonyl (C=O) groups is 4. The second-order valence-electron chi connectivity index (χ2n) is 21.0. The molecule has 0 saturated carbocycles. The molecule has 0 aromatic rings. The van der Waals surface area contributed by atoms with Gasteiger partial charge in [0.25, 0.3) is 0 Å². The monoisotopic (exact) mass is 1110 g/mol. The van der Waals surface area contributed by atoms with Crippen molar-refractivity contribution >= 4 is 23.9 Å². The molecule has 6 atom stereocenters. The van der Waals surface area contributed by atoms with E-state index in [1.54, 1.807) is 0 Å². The molecule has 0 spiro atoms. The van der Waals surface area contributed by atoms with Crippen LogP contribution in [-0.4, -0.2) is 89.2 Å². The number of hydrogen-bond acceptors (Lipinski definition) is 11. The summed E-state index contributed by atoms with van der Waals surface area (Å²) in [7, 11) is 0. The smallest absolute Gasteiger partial charge is 0.335 e. The van der Waals surface area contributed by atoms with Crippen molar-refractivity contribution in [2.45, 2.75) is 289 Å². The Morgan fingerprint density at radius 1 is 0.430 bits per heavy atom. The maximum Gasteiger partial charge on any atom is 0.335 e. The average molecular weight is 1110 g/mol. The molecule has 0 radical (unpaired) electrons. The molecule has 12 nitrogen and oxygen atoms in total. The number of carboxylic acid groups (broad SMARTS) is 1. The molecule has 1 saturated heterocycles. The summed E-state index contributed by atoms with van der Waals surface area (Å²) in [6.45, 7) is 5.76. The third-order valence-corrected chi connectivity index (χ3v) is 13.6. The highest BCUT2D eigenvalue weighted by molar-refractivity contribution is 5.74. The van der Waals surface area contributed by atoms with E-state index in [1.807, 2.05) is 12.2 Å². The minimum absolute atomic E-state index is 0.0343. The Morgan fingerprint density at radius 3 is 1.32 bits per heavy atom. The summed E-state index contributed by atoms with van der Waals surface area (Å²) < 4.78 is 28.4. The number of aliphatic carboxylic acids is 1. The number of carboxylic acids is 1. The van der Waals surface area contributed by atoms with E-state index in [2.05, 4.69) is 106 Å². The molecule has 450 valence electrons. The highest BCUT2D eigenvalue weighted by Crippen LogP contribution is 2.26. The van der Waals surface area contributed by atoms with Gasteiger partial charge in [0.05, 0.1) is 6.61 Å². The fraction of sp³-hybridized carbons (Fsp3) is 0.701. The zero-order chi connectivity index (χ0) is 57.5. The number of esters is 3. The van der Waals surface area contributed by atoms with Gasteiger partial charge in [0, 0.05) is 19.3 Å². The van der Waals surface area contributed by atoms with E-state index in [9.17, 15) is 34.5 Å². The summed E-state index contributed by atoms with van der Waals surface area (Å²) in [5, 5.41) is 31.5. The maximum absolute atomic E-state index is 13.2. The van der Waals surface area contributed by atoms with Crippen LogP contribution in [0.2, 0.25) is 0 Å². The Labute approximate surface area is 479 Å². The van der Waals surface area contributed by atoms with Crippen molar-refractivity contribution in [2.75, 3.05) is 13.2 Å². The van der Waals surface area contributed by atoms with E-state index >= 15 is 0 Å². The second kappa shape index (κ2) is 54.2.